The van der Waals surface area contributed by atoms with E-state index in [1.807, 2.05) is 31.2 Å². The quantitative estimate of drug-likeness (QED) is 0.314. The Kier molecular flexibility index (Phi) is 9.52. The lowest BCUT2D eigenvalue weighted by Crippen LogP contribution is -2.60. The van der Waals surface area contributed by atoms with Crippen molar-refractivity contribution in [2.75, 3.05) is 6.54 Å². The van der Waals surface area contributed by atoms with E-state index in [1.54, 1.807) is 47.7 Å². The smallest absolute Gasteiger partial charge is 0.408 e. The minimum atomic E-state index is -3.89. The summed E-state index contributed by atoms with van der Waals surface area (Å²) in [6.45, 7) is 16.2. The predicted molar refractivity (Wildman–Crippen MR) is 183 cm³/mol. The summed E-state index contributed by atoms with van der Waals surface area (Å²) >= 11 is 0. The molecule has 266 valence electrons. The number of aromatic nitrogens is 1. The SMILES string of the molecule is C=C[C@@H]1C[C@]1(NC(=O)[C@H]1C[C@@H](Oc2nccc3c(C)cccc23)CN1C(=O)[C@@H](NC(=O)OC(C)(C)C)C(C)(C)C)C(=O)NS(=O)(=O)C1CC1. The molecule has 3 N–H and O–H groups in total. The van der Waals surface area contributed by atoms with Gasteiger partial charge in [0.25, 0.3) is 5.91 Å². The zero-order chi connectivity index (χ0) is 36.1. The van der Waals surface area contributed by atoms with Gasteiger partial charge in [-0.1, -0.05) is 39.0 Å². The third kappa shape index (κ3) is 7.84. The molecule has 2 saturated carbocycles. The van der Waals surface area contributed by atoms with Crippen LogP contribution in [0.15, 0.2) is 43.1 Å². The van der Waals surface area contributed by atoms with Crippen molar-refractivity contribution in [2.24, 2.45) is 11.3 Å². The number of nitrogens with zero attached hydrogens (tertiary/aromatic N) is 2. The number of rotatable bonds is 10. The Morgan fingerprint density at radius 2 is 1.78 bits per heavy atom. The number of sulfonamides is 1. The number of alkyl carbamates (subject to hydrolysis) is 1. The van der Waals surface area contributed by atoms with Crippen molar-refractivity contribution in [3.63, 3.8) is 0 Å². The van der Waals surface area contributed by atoms with Crippen LogP contribution in [-0.4, -0.2) is 83.2 Å². The van der Waals surface area contributed by atoms with Crippen LogP contribution in [-0.2, 0) is 29.1 Å². The first kappa shape index (κ1) is 36.1. The van der Waals surface area contributed by atoms with Crippen molar-refractivity contribution in [3.8, 4) is 5.88 Å². The summed E-state index contributed by atoms with van der Waals surface area (Å²) in [6.07, 6.45) is 2.78. The molecule has 5 rings (SSSR count). The molecule has 0 unspecified atom stereocenters. The molecule has 14 heteroatoms. The molecule has 3 fully saturated rings. The number of carbonyl (C=O) groups excluding carboxylic acids is 4. The van der Waals surface area contributed by atoms with Crippen LogP contribution in [0.1, 0.15) is 72.8 Å². The molecule has 2 aliphatic carbocycles. The molecule has 5 atom stereocenters. The van der Waals surface area contributed by atoms with Crippen LogP contribution < -0.4 is 20.1 Å². The summed E-state index contributed by atoms with van der Waals surface area (Å²) in [7, 11) is -3.89. The first-order chi connectivity index (χ1) is 22.8. The molecule has 13 nitrogen and oxygen atoms in total. The van der Waals surface area contributed by atoms with Crippen molar-refractivity contribution >= 4 is 44.6 Å². The number of hydrogen-bond donors (Lipinski definition) is 3. The Hall–Kier alpha value is -4.20. The van der Waals surface area contributed by atoms with Gasteiger partial charge in [-0.2, -0.15) is 0 Å². The molecule has 1 saturated heterocycles. The largest absolute Gasteiger partial charge is 0.472 e. The maximum atomic E-state index is 14.4. The number of nitrogens with one attached hydrogen (secondary N) is 3. The summed E-state index contributed by atoms with van der Waals surface area (Å²) in [5.41, 5.74) is -2.13. The Morgan fingerprint density at radius 3 is 2.37 bits per heavy atom. The van der Waals surface area contributed by atoms with Gasteiger partial charge in [0.05, 0.1) is 11.8 Å². The van der Waals surface area contributed by atoms with E-state index in [0.717, 1.165) is 16.3 Å². The van der Waals surface area contributed by atoms with Crippen LogP contribution in [0.4, 0.5) is 4.79 Å². The van der Waals surface area contributed by atoms with Crippen LogP contribution in [0, 0.1) is 18.3 Å². The maximum absolute atomic E-state index is 14.4. The summed E-state index contributed by atoms with van der Waals surface area (Å²) in [5.74, 6) is -2.21. The zero-order valence-electron chi connectivity index (χ0n) is 29.2. The van der Waals surface area contributed by atoms with Crippen LogP contribution in [0.5, 0.6) is 5.88 Å². The molecule has 0 bridgehead atoms. The zero-order valence-corrected chi connectivity index (χ0v) is 30.0. The van der Waals surface area contributed by atoms with Crippen molar-refractivity contribution < 1.29 is 37.1 Å². The lowest BCUT2D eigenvalue weighted by Gasteiger charge is -2.36. The van der Waals surface area contributed by atoms with Gasteiger partial charge in [-0.05, 0) is 75.5 Å². The van der Waals surface area contributed by atoms with Crippen LogP contribution in [0.3, 0.4) is 0 Å². The van der Waals surface area contributed by atoms with E-state index in [2.05, 4.69) is 26.9 Å². The normalized spacial score (nSPS) is 24.5. The third-order valence-electron chi connectivity index (χ3n) is 9.14. The number of likely N-dealkylation sites (tertiary alicyclic amines) is 1. The molecule has 3 aliphatic rings. The first-order valence-corrected chi connectivity index (χ1v) is 18.1. The Balaban J connectivity index is 1.44. The van der Waals surface area contributed by atoms with Gasteiger partial charge in [-0.15, -0.1) is 6.58 Å². The standard InChI is InChI=1S/C35H47N5O8S/c1-9-21-18-35(21,31(43)39-49(45,46)23-13-14-23)38-28(41)26-17-22(47-29-25-12-10-11-20(2)24(25)15-16-36-29)19-40(26)30(42)27(33(3,4)5)37-32(44)48-34(6,7)8/h9-12,15-16,21-23,26-27H,1,13-14,17-19H2,2-8H3,(H,37,44)(H,38,41)(H,39,43)/t21-,22-,26-,27-,35-/m1/s1. The molecule has 2 heterocycles. The molecule has 1 aromatic heterocycles. The van der Waals surface area contributed by atoms with Crippen molar-refractivity contribution in [3.05, 3.63) is 48.7 Å². The Labute approximate surface area is 287 Å². The maximum Gasteiger partial charge on any atom is 0.408 e. The fraction of sp³-hybridized carbons (Fsp3) is 0.571. The summed E-state index contributed by atoms with van der Waals surface area (Å²) in [6, 6.07) is 5.40. The second-order valence-electron chi connectivity index (χ2n) is 15.4. The third-order valence-corrected chi connectivity index (χ3v) is 11.0. The number of ether oxygens (including phenoxy) is 2. The molecule has 1 aliphatic heterocycles. The van der Waals surface area contributed by atoms with Crippen molar-refractivity contribution in [1.82, 2.24) is 25.2 Å². The van der Waals surface area contributed by atoms with Gasteiger partial charge in [-0.25, -0.2) is 18.2 Å². The molecule has 2 aromatic rings. The molecular weight excluding hydrogens is 650 g/mol. The van der Waals surface area contributed by atoms with E-state index in [9.17, 15) is 27.6 Å². The van der Waals surface area contributed by atoms with Crippen molar-refractivity contribution in [2.45, 2.75) is 109 Å². The molecule has 1 aromatic carbocycles. The number of aryl methyl sites for hydroxylation is 1. The van der Waals surface area contributed by atoms with Gasteiger partial charge in [-0.3, -0.25) is 19.1 Å². The minimum absolute atomic E-state index is 0.0243. The number of amides is 4. The number of pyridine rings is 1. The first-order valence-electron chi connectivity index (χ1n) is 16.6. The van der Waals surface area contributed by atoms with Gasteiger partial charge in [0.2, 0.25) is 27.7 Å². The van der Waals surface area contributed by atoms with E-state index in [0.29, 0.717) is 18.7 Å². The number of hydrogen-bond acceptors (Lipinski definition) is 9. The Bertz CT molecular complexity index is 1780. The van der Waals surface area contributed by atoms with Crippen LogP contribution in [0.2, 0.25) is 0 Å². The lowest BCUT2D eigenvalue weighted by atomic mass is 9.85. The second kappa shape index (κ2) is 12.9. The predicted octanol–water partition coefficient (Wildman–Crippen LogP) is 3.50. The molecule has 0 radical (unpaired) electrons. The number of fused-ring (bicyclic) bond motifs is 1. The average molecular weight is 698 g/mol. The van der Waals surface area contributed by atoms with E-state index in [-0.39, 0.29) is 19.4 Å². The molecule has 0 spiro atoms. The van der Waals surface area contributed by atoms with Crippen LogP contribution >= 0.6 is 0 Å². The van der Waals surface area contributed by atoms with E-state index < -0.39 is 79.7 Å². The highest BCUT2D eigenvalue weighted by atomic mass is 32.2. The fourth-order valence-electron chi connectivity index (χ4n) is 6.22. The summed E-state index contributed by atoms with van der Waals surface area (Å²) in [4.78, 5) is 60.7. The van der Waals surface area contributed by atoms with Crippen LogP contribution in [0.25, 0.3) is 10.8 Å². The molecule has 4 amide bonds. The second-order valence-corrected chi connectivity index (χ2v) is 17.4. The number of carbonyl (C=O) groups is 4. The van der Waals surface area contributed by atoms with E-state index in [4.69, 9.17) is 9.47 Å². The molecular formula is C35H47N5O8S. The topological polar surface area (TPSA) is 173 Å². The minimum Gasteiger partial charge on any atom is -0.472 e. The van der Waals surface area contributed by atoms with Crippen molar-refractivity contribution in [1.29, 1.82) is 0 Å². The van der Waals surface area contributed by atoms with Gasteiger partial charge in [0, 0.05) is 23.9 Å². The van der Waals surface area contributed by atoms with Gasteiger partial charge in [0.1, 0.15) is 29.3 Å². The monoisotopic (exact) mass is 697 g/mol. The van der Waals surface area contributed by atoms with Gasteiger partial charge >= 0.3 is 6.09 Å². The highest BCUT2D eigenvalue weighted by Gasteiger charge is 2.62. The lowest BCUT2D eigenvalue weighted by molar-refractivity contribution is -0.143. The highest BCUT2D eigenvalue weighted by molar-refractivity contribution is 7.91. The number of benzene rings is 1. The average Bonchev–Trinajstić information content (AvgIpc) is 3.91. The van der Waals surface area contributed by atoms with E-state index in [1.165, 1.54) is 11.0 Å². The molecule has 49 heavy (non-hydrogen) atoms. The van der Waals surface area contributed by atoms with E-state index >= 15 is 0 Å². The fourth-order valence-corrected chi connectivity index (χ4v) is 7.59. The van der Waals surface area contributed by atoms with Gasteiger partial charge < -0.3 is 25.0 Å². The summed E-state index contributed by atoms with van der Waals surface area (Å²) < 4.78 is 39.3. The summed E-state index contributed by atoms with van der Waals surface area (Å²) in [5, 5.41) is 6.56. The highest BCUT2D eigenvalue weighted by Crippen LogP contribution is 2.45. The van der Waals surface area contributed by atoms with Gasteiger partial charge in [0.15, 0.2) is 0 Å². The Morgan fingerprint density at radius 1 is 1.08 bits per heavy atom.